The van der Waals surface area contributed by atoms with E-state index < -0.39 is 0 Å². The van der Waals surface area contributed by atoms with E-state index in [1.807, 2.05) is 30.3 Å². The summed E-state index contributed by atoms with van der Waals surface area (Å²) >= 11 is 0. The molecule has 110 valence electrons. The number of carbonyl (C=O) groups is 1. The van der Waals surface area contributed by atoms with Crippen LogP contribution in [0.4, 0.5) is 0 Å². The molecule has 0 aliphatic carbocycles. The molecule has 1 aromatic carbocycles. The summed E-state index contributed by atoms with van der Waals surface area (Å²) in [5, 5.41) is 3.43. The average molecular weight is 276 g/mol. The molecule has 0 bridgehead atoms. The minimum Gasteiger partial charge on any atom is -0.469 e. The van der Waals surface area contributed by atoms with E-state index in [9.17, 15) is 4.79 Å². The molecule has 1 saturated heterocycles. The standard InChI is InChI=1S/C16H24N2O2/c1-18-9-8-13(12-18)10-17-11-15(16(19)20-2)14-6-4-3-5-7-14/h3-7,13,15,17H,8-12H2,1-2H3. The number of esters is 1. The van der Waals surface area contributed by atoms with Gasteiger partial charge in [-0.05, 0) is 38.0 Å². The van der Waals surface area contributed by atoms with E-state index in [-0.39, 0.29) is 11.9 Å². The van der Waals surface area contributed by atoms with Crippen LogP contribution in [0.2, 0.25) is 0 Å². The molecule has 4 nitrogen and oxygen atoms in total. The van der Waals surface area contributed by atoms with Crippen LogP contribution in [0.25, 0.3) is 0 Å². The normalized spacial score (nSPS) is 20.8. The monoisotopic (exact) mass is 276 g/mol. The van der Waals surface area contributed by atoms with Crippen LogP contribution in [0.5, 0.6) is 0 Å². The van der Waals surface area contributed by atoms with Crippen molar-refractivity contribution in [1.29, 1.82) is 0 Å². The maximum atomic E-state index is 11.9. The van der Waals surface area contributed by atoms with Gasteiger partial charge in [0, 0.05) is 13.1 Å². The first-order valence-electron chi connectivity index (χ1n) is 7.22. The van der Waals surface area contributed by atoms with Crippen LogP contribution in [0.3, 0.4) is 0 Å². The van der Waals surface area contributed by atoms with Gasteiger partial charge in [0.1, 0.15) is 0 Å². The van der Waals surface area contributed by atoms with E-state index >= 15 is 0 Å². The van der Waals surface area contributed by atoms with E-state index in [1.165, 1.54) is 20.1 Å². The number of ether oxygens (including phenoxy) is 1. The molecule has 1 N–H and O–H groups in total. The number of hydrogen-bond acceptors (Lipinski definition) is 4. The molecule has 20 heavy (non-hydrogen) atoms. The number of benzene rings is 1. The quantitative estimate of drug-likeness (QED) is 0.799. The smallest absolute Gasteiger partial charge is 0.314 e. The fourth-order valence-electron chi connectivity index (χ4n) is 2.79. The number of hydrogen-bond donors (Lipinski definition) is 1. The van der Waals surface area contributed by atoms with E-state index in [1.54, 1.807) is 0 Å². The number of rotatable bonds is 6. The number of likely N-dealkylation sites (tertiary alicyclic amines) is 1. The second-order valence-electron chi connectivity index (χ2n) is 5.56. The van der Waals surface area contributed by atoms with Gasteiger partial charge >= 0.3 is 5.97 Å². The molecule has 1 aliphatic heterocycles. The molecular weight excluding hydrogens is 252 g/mol. The third-order valence-electron chi connectivity index (χ3n) is 3.96. The molecule has 1 aromatic rings. The molecule has 1 fully saturated rings. The highest BCUT2D eigenvalue weighted by Gasteiger charge is 2.23. The van der Waals surface area contributed by atoms with Crippen LogP contribution in [-0.4, -0.2) is 51.2 Å². The van der Waals surface area contributed by atoms with Gasteiger partial charge in [-0.3, -0.25) is 4.79 Å². The molecule has 2 atom stereocenters. The zero-order chi connectivity index (χ0) is 14.4. The largest absolute Gasteiger partial charge is 0.469 e. The second-order valence-corrected chi connectivity index (χ2v) is 5.56. The lowest BCUT2D eigenvalue weighted by Crippen LogP contribution is -2.32. The first kappa shape index (κ1) is 15.0. The van der Waals surface area contributed by atoms with Crippen molar-refractivity contribution in [3.63, 3.8) is 0 Å². The zero-order valence-corrected chi connectivity index (χ0v) is 12.3. The molecule has 2 unspecified atom stereocenters. The third kappa shape index (κ3) is 4.05. The maximum Gasteiger partial charge on any atom is 0.314 e. The van der Waals surface area contributed by atoms with Gasteiger partial charge in [0.25, 0.3) is 0 Å². The van der Waals surface area contributed by atoms with Gasteiger partial charge in [0.15, 0.2) is 0 Å². The number of nitrogens with one attached hydrogen (secondary N) is 1. The summed E-state index contributed by atoms with van der Waals surface area (Å²) in [5.74, 6) is 0.293. The molecule has 2 rings (SSSR count). The highest BCUT2D eigenvalue weighted by Crippen LogP contribution is 2.17. The first-order valence-corrected chi connectivity index (χ1v) is 7.22. The van der Waals surface area contributed by atoms with E-state index in [0.29, 0.717) is 12.5 Å². The van der Waals surface area contributed by atoms with Gasteiger partial charge in [-0.2, -0.15) is 0 Å². The van der Waals surface area contributed by atoms with Gasteiger partial charge in [0.05, 0.1) is 13.0 Å². The lowest BCUT2D eigenvalue weighted by molar-refractivity contribution is -0.142. The average Bonchev–Trinajstić information content (AvgIpc) is 2.89. The third-order valence-corrected chi connectivity index (χ3v) is 3.96. The Balaban J connectivity index is 1.87. The number of methoxy groups -OCH3 is 1. The van der Waals surface area contributed by atoms with Crippen molar-refractivity contribution >= 4 is 5.97 Å². The van der Waals surface area contributed by atoms with Crippen molar-refractivity contribution < 1.29 is 9.53 Å². The van der Waals surface area contributed by atoms with Crippen molar-refractivity contribution in [1.82, 2.24) is 10.2 Å². The maximum absolute atomic E-state index is 11.9. The van der Waals surface area contributed by atoms with Gasteiger partial charge in [-0.15, -0.1) is 0 Å². The fourth-order valence-corrected chi connectivity index (χ4v) is 2.79. The van der Waals surface area contributed by atoms with Gasteiger partial charge in [0.2, 0.25) is 0 Å². The lowest BCUT2D eigenvalue weighted by atomic mass is 9.99. The minimum atomic E-state index is -0.222. The van der Waals surface area contributed by atoms with Crippen molar-refractivity contribution in [2.75, 3.05) is 40.3 Å². The molecule has 0 radical (unpaired) electrons. The Kier molecular flexibility index (Phi) is 5.56. The van der Waals surface area contributed by atoms with E-state index in [0.717, 1.165) is 18.7 Å². The van der Waals surface area contributed by atoms with Crippen LogP contribution < -0.4 is 5.32 Å². The van der Waals surface area contributed by atoms with Crippen LogP contribution in [-0.2, 0) is 9.53 Å². The molecule has 0 spiro atoms. The van der Waals surface area contributed by atoms with Crippen LogP contribution >= 0.6 is 0 Å². The molecule has 0 saturated carbocycles. The summed E-state index contributed by atoms with van der Waals surface area (Å²) < 4.78 is 4.92. The number of nitrogens with zero attached hydrogens (tertiary/aromatic N) is 1. The van der Waals surface area contributed by atoms with Crippen molar-refractivity contribution in [2.45, 2.75) is 12.3 Å². The summed E-state index contributed by atoms with van der Waals surface area (Å²) in [6.07, 6.45) is 1.23. The van der Waals surface area contributed by atoms with Gasteiger partial charge < -0.3 is 15.0 Å². The highest BCUT2D eigenvalue weighted by atomic mass is 16.5. The van der Waals surface area contributed by atoms with Gasteiger partial charge in [-0.1, -0.05) is 30.3 Å². The lowest BCUT2D eigenvalue weighted by Gasteiger charge is -2.17. The Labute approximate surface area is 121 Å². The summed E-state index contributed by atoms with van der Waals surface area (Å²) in [6.45, 7) is 3.91. The summed E-state index contributed by atoms with van der Waals surface area (Å²) in [7, 11) is 3.60. The van der Waals surface area contributed by atoms with Crippen molar-refractivity contribution in [3.05, 3.63) is 35.9 Å². The Morgan fingerprint density at radius 2 is 2.20 bits per heavy atom. The van der Waals surface area contributed by atoms with Crippen LogP contribution in [0.1, 0.15) is 17.9 Å². The van der Waals surface area contributed by atoms with Crippen molar-refractivity contribution in [2.24, 2.45) is 5.92 Å². The number of carbonyl (C=O) groups excluding carboxylic acids is 1. The predicted octanol–water partition coefficient (Wildman–Crippen LogP) is 1.48. The minimum absolute atomic E-state index is 0.174. The topological polar surface area (TPSA) is 41.6 Å². The molecule has 0 amide bonds. The Morgan fingerprint density at radius 3 is 2.80 bits per heavy atom. The van der Waals surface area contributed by atoms with Crippen LogP contribution in [0.15, 0.2) is 30.3 Å². The zero-order valence-electron chi connectivity index (χ0n) is 12.3. The predicted molar refractivity (Wildman–Crippen MR) is 79.7 cm³/mol. The Bertz CT molecular complexity index is 422. The summed E-state index contributed by atoms with van der Waals surface area (Å²) in [6, 6.07) is 9.83. The SMILES string of the molecule is COC(=O)C(CNCC1CCN(C)C1)c1ccccc1. The molecular formula is C16H24N2O2. The van der Waals surface area contributed by atoms with Crippen LogP contribution in [0, 0.1) is 5.92 Å². The summed E-state index contributed by atoms with van der Waals surface area (Å²) in [4.78, 5) is 14.3. The Hall–Kier alpha value is -1.39. The molecule has 1 heterocycles. The molecule has 4 heteroatoms. The fraction of sp³-hybridized carbons (Fsp3) is 0.562. The van der Waals surface area contributed by atoms with E-state index in [4.69, 9.17) is 4.74 Å². The van der Waals surface area contributed by atoms with Crippen molar-refractivity contribution in [3.8, 4) is 0 Å². The Morgan fingerprint density at radius 1 is 1.45 bits per heavy atom. The van der Waals surface area contributed by atoms with E-state index in [2.05, 4.69) is 17.3 Å². The summed E-state index contributed by atoms with van der Waals surface area (Å²) in [5.41, 5.74) is 1.01. The molecule has 1 aliphatic rings. The first-order chi connectivity index (χ1) is 9.70. The van der Waals surface area contributed by atoms with Gasteiger partial charge in [-0.25, -0.2) is 0 Å². The molecule has 0 aromatic heterocycles. The highest BCUT2D eigenvalue weighted by molar-refractivity contribution is 5.78. The second kappa shape index (κ2) is 7.41.